The Balaban J connectivity index is 1.55. The van der Waals surface area contributed by atoms with E-state index in [-0.39, 0.29) is 0 Å². The molecule has 3 nitrogen and oxygen atoms in total. The fraction of sp³-hybridized carbons (Fsp3) is 0.353. The Bertz CT molecular complexity index is 528. The summed E-state index contributed by atoms with van der Waals surface area (Å²) in [7, 11) is 0. The Morgan fingerprint density at radius 1 is 1.05 bits per heavy atom. The zero-order valence-corrected chi connectivity index (χ0v) is 12.1. The number of nitrogens with zero attached hydrogens (tertiary/aromatic N) is 1. The number of anilines is 1. The van der Waals surface area contributed by atoms with Gasteiger partial charge in [-0.05, 0) is 13.0 Å². The number of rotatable bonds is 3. The molecule has 0 spiro atoms. The second kappa shape index (κ2) is 6.06. The first-order valence-electron chi connectivity index (χ1n) is 7.42. The van der Waals surface area contributed by atoms with Crippen LogP contribution in [0.25, 0.3) is 0 Å². The molecule has 0 aliphatic carbocycles. The van der Waals surface area contributed by atoms with Crippen molar-refractivity contribution in [1.82, 2.24) is 0 Å². The largest absolute Gasteiger partial charge is 0.325 e. The number of H-pyrrole nitrogens is 1. The average Bonchev–Trinajstić information content (AvgIpc) is 2.51. The van der Waals surface area contributed by atoms with E-state index in [9.17, 15) is 0 Å². The summed E-state index contributed by atoms with van der Waals surface area (Å²) in [6.07, 6.45) is 2.00. The average molecular weight is 269 g/mol. The quantitative estimate of drug-likeness (QED) is 0.871. The molecule has 2 aromatic rings. The van der Waals surface area contributed by atoms with Crippen LogP contribution in [0.4, 0.5) is 5.82 Å². The lowest BCUT2D eigenvalue weighted by Crippen LogP contribution is -3.13. The van der Waals surface area contributed by atoms with Gasteiger partial charge >= 0.3 is 0 Å². The van der Waals surface area contributed by atoms with Crippen molar-refractivity contribution in [1.29, 1.82) is 0 Å². The van der Waals surface area contributed by atoms with E-state index in [0.717, 1.165) is 19.6 Å². The van der Waals surface area contributed by atoms with Gasteiger partial charge < -0.3 is 4.90 Å². The lowest BCUT2D eigenvalue weighted by Gasteiger charge is -2.28. The van der Waals surface area contributed by atoms with Gasteiger partial charge in [0.25, 0.3) is 5.82 Å². The van der Waals surface area contributed by atoms with Crippen LogP contribution in [0.15, 0.2) is 48.7 Å². The molecule has 104 valence electrons. The van der Waals surface area contributed by atoms with E-state index in [4.69, 9.17) is 0 Å². The normalized spacial score (nSPS) is 16.4. The standard InChI is InChI=1S/C17H21N3/c1-15-5-7-16(8-6-15)14-19-10-12-20(13-11-19)17-4-2-3-9-18-17/h2-9H,10-14H2,1H3/p+2. The number of aromatic amines is 1. The Labute approximate surface area is 120 Å². The molecule has 0 radical (unpaired) electrons. The summed E-state index contributed by atoms with van der Waals surface area (Å²) in [5.41, 5.74) is 2.79. The number of benzene rings is 1. The predicted molar refractivity (Wildman–Crippen MR) is 80.8 cm³/mol. The molecule has 20 heavy (non-hydrogen) atoms. The molecular formula is C17H23N3+2. The van der Waals surface area contributed by atoms with Gasteiger partial charge in [0, 0.05) is 11.6 Å². The number of aryl methyl sites for hydroxylation is 1. The first-order chi connectivity index (χ1) is 9.81. The van der Waals surface area contributed by atoms with Gasteiger partial charge in [0.1, 0.15) is 32.7 Å². The monoisotopic (exact) mass is 269 g/mol. The Morgan fingerprint density at radius 2 is 1.80 bits per heavy atom. The summed E-state index contributed by atoms with van der Waals surface area (Å²) in [5.74, 6) is 1.24. The predicted octanol–water partition coefficient (Wildman–Crippen LogP) is 0.714. The molecule has 0 amide bonds. The lowest BCUT2D eigenvalue weighted by molar-refractivity contribution is -0.914. The molecule has 0 saturated carbocycles. The van der Waals surface area contributed by atoms with E-state index in [0.29, 0.717) is 0 Å². The second-order valence-corrected chi connectivity index (χ2v) is 5.65. The molecule has 0 bridgehead atoms. The van der Waals surface area contributed by atoms with E-state index in [1.807, 2.05) is 12.3 Å². The molecule has 1 aliphatic heterocycles. The summed E-state index contributed by atoms with van der Waals surface area (Å²) in [6.45, 7) is 7.95. The fourth-order valence-electron chi connectivity index (χ4n) is 2.82. The van der Waals surface area contributed by atoms with Crippen LogP contribution in [0.3, 0.4) is 0 Å². The van der Waals surface area contributed by atoms with Crippen LogP contribution in [0, 0.1) is 6.92 Å². The molecule has 1 fully saturated rings. The highest BCUT2D eigenvalue weighted by Crippen LogP contribution is 2.05. The third kappa shape index (κ3) is 3.17. The van der Waals surface area contributed by atoms with Crippen LogP contribution in [0.1, 0.15) is 11.1 Å². The van der Waals surface area contributed by atoms with Gasteiger partial charge in [-0.1, -0.05) is 35.9 Å². The molecular weight excluding hydrogens is 246 g/mol. The van der Waals surface area contributed by atoms with Gasteiger partial charge in [-0.2, -0.15) is 0 Å². The maximum Gasteiger partial charge on any atom is 0.274 e. The van der Waals surface area contributed by atoms with Gasteiger partial charge in [0.2, 0.25) is 0 Å². The number of piperazine rings is 1. The highest BCUT2D eigenvalue weighted by molar-refractivity contribution is 5.32. The molecule has 3 heteroatoms. The number of nitrogens with one attached hydrogen (secondary N) is 2. The minimum Gasteiger partial charge on any atom is -0.325 e. The maximum absolute atomic E-state index is 3.33. The maximum atomic E-state index is 3.33. The number of hydrogen-bond acceptors (Lipinski definition) is 1. The third-order valence-electron chi connectivity index (χ3n) is 4.08. The highest BCUT2D eigenvalue weighted by Gasteiger charge is 2.25. The van der Waals surface area contributed by atoms with Crippen LogP contribution in [-0.2, 0) is 6.54 Å². The van der Waals surface area contributed by atoms with Crippen LogP contribution in [0.2, 0.25) is 0 Å². The summed E-state index contributed by atoms with van der Waals surface area (Å²) >= 11 is 0. The van der Waals surface area contributed by atoms with E-state index in [1.165, 1.54) is 30.0 Å². The van der Waals surface area contributed by atoms with E-state index < -0.39 is 0 Å². The smallest absolute Gasteiger partial charge is 0.274 e. The first-order valence-corrected chi connectivity index (χ1v) is 7.42. The lowest BCUT2D eigenvalue weighted by atomic mass is 10.1. The highest BCUT2D eigenvalue weighted by atomic mass is 15.3. The number of aromatic nitrogens is 1. The first kappa shape index (κ1) is 13.1. The molecule has 2 heterocycles. The molecule has 1 aromatic heterocycles. The van der Waals surface area contributed by atoms with Crippen molar-refractivity contribution < 1.29 is 9.88 Å². The second-order valence-electron chi connectivity index (χ2n) is 5.65. The topological polar surface area (TPSA) is 21.8 Å². The van der Waals surface area contributed by atoms with Crippen molar-refractivity contribution >= 4 is 5.82 Å². The molecule has 1 aromatic carbocycles. The molecule has 0 atom stereocenters. The summed E-state index contributed by atoms with van der Waals surface area (Å²) in [6, 6.07) is 15.2. The Kier molecular flexibility index (Phi) is 3.97. The van der Waals surface area contributed by atoms with Gasteiger partial charge in [-0.3, -0.25) is 4.90 Å². The van der Waals surface area contributed by atoms with Crippen LogP contribution >= 0.6 is 0 Å². The van der Waals surface area contributed by atoms with Crippen molar-refractivity contribution in [3.05, 3.63) is 59.8 Å². The minimum atomic E-state index is 1.13. The van der Waals surface area contributed by atoms with Crippen molar-refractivity contribution in [3.63, 3.8) is 0 Å². The van der Waals surface area contributed by atoms with Gasteiger partial charge in [-0.25, -0.2) is 4.98 Å². The number of hydrogen-bond donors (Lipinski definition) is 1. The van der Waals surface area contributed by atoms with E-state index in [2.05, 4.69) is 53.2 Å². The number of quaternary nitrogens is 1. The molecule has 0 unspecified atom stereocenters. The Hall–Kier alpha value is -1.87. The summed E-state index contributed by atoms with van der Waals surface area (Å²) < 4.78 is 0. The van der Waals surface area contributed by atoms with Crippen LogP contribution in [0.5, 0.6) is 0 Å². The van der Waals surface area contributed by atoms with Gasteiger partial charge in [0.15, 0.2) is 0 Å². The van der Waals surface area contributed by atoms with Gasteiger partial charge in [-0.15, -0.1) is 0 Å². The minimum absolute atomic E-state index is 1.13. The van der Waals surface area contributed by atoms with Crippen LogP contribution < -0.4 is 14.8 Å². The van der Waals surface area contributed by atoms with Crippen molar-refractivity contribution in [2.75, 3.05) is 31.1 Å². The zero-order chi connectivity index (χ0) is 13.8. The SMILES string of the molecule is Cc1ccc(C[NH+]2CCN(c3cccc[nH+]3)CC2)cc1. The third-order valence-corrected chi connectivity index (χ3v) is 4.08. The van der Waals surface area contributed by atoms with Crippen molar-refractivity contribution in [3.8, 4) is 0 Å². The van der Waals surface area contributed by atoms with Gasteiger partial charge in [0.05, 0.1) is 6.20 Å². The molecule has 1 saturated heterocycles. The molecule has 3 rings (SSSR count). The number of pyridine rings is 1. The summed E-state index contributed by atoms with van der Waals surface area (Å²) in [5, 5.41) is 0. The van der Waals surface area contributed by atoms with Crippen LogP contribution in [-0.4, -0.2) is 26.2 Å². The van der Waals surface area contributed by atoms with Crippen molar-refractivity contribution in [2.45, 2.75) is 13.5 Å². The molecule has 1 aliphatic rings. The Morgan fingerprint density at radius 3 is 2.45 bits per heavy atom. The van der Waals surface area contributed by atoms with E-state index in [1.54, 1.807) is 4.90 Å². The fourth-order valence-corrected chi connectivity index (χ4v) is 2.82. The summed E-state index contributed by atoms with van der Waals surface area (Å²) in [4.78, 5) is 7.45. The van der Waals surface area contributed by atoms with Crippen molar-refractivity contribution in [2.24, 2.45) is 0 Å². The van der Waals surface area contributed by atoms with E-state index >= 15 is 0 Å². The molecule has 2 N–H and O–H groups in total. The zero-order valence-electron chi connectivity index (χ0n) is 12.1.